The Labute approximate surface area is 277 Å². The summed E-state index contributed by atoms with van der Waals surface area (Å²) in [5.74, 6) is 0. The minimum absolute atomic E-state index is 0.874. The van der Waals surface area contributed by atoms with Crippen molar-refractivity contribution in [3.8, 4) is 33.6 Å². The van der Waals surface area contributed by atoms with Crippen LogP contribution in [0.2, 0.25) is 0 Å². The predicted octanol–water partition coefficient (Wildman–Crippen LogP) is 9.94. The smallest absolute Gasteiger partial charge is 0.212 e. The van der Waals surface area contributed by atoms with E-state index in [9.17, 15) is 0 Å². The van der Waals surface area contributed by atoms with Gasteiger partial charge in [-0.15, -0.1) is 0 Å². The highest BCUT2D eigenvalue weighted by Crippen LogP contribution is 2.38. The number of hydrogen-bond acceptors (Lipinski definition) is 4. The van der Waals surface area contributed by atoms with Crippen molar-refractivity contribution in [2.75, 3.05) is 4.90 Å². The van der Waals surface area contributed by atoms with Gasteiger partial charge in [0.25, 0.3) is 0 Å². The molecule has 0 aliphatic carbocycles. The van der Waals surface area contributed by atoms with Crippen LogP contribution in [0.1, 0.15) is 0 Å². The topological polar surface area (TPSA) is 71.8 Å². The molecule has 0 amide bonds. The Morgan fingerprint density at radius 1 is 0.500 bits per heavy atom. The average molecular weight is 618 g/mol. The van der Waals surface area contributed by atoms with Crippen LogP contribution in [0.3, 0.4) is 0 Å². The van der Waals surface area contributed by atoms with Crippen molar-refractivity contribution in [3.63, 3.8) is 0 Å². The second-order valence-corrected chi connectivity index (χ2v) is 11.9. The summed E-state index contributed by atoms with van der Waals surface area (Å²) in [7, 11) is 0. The Morgan fingerprint density at radius 2 is 1.21 bits per heavy atom. The molecule has 0 fully saturated rings. The standard InChI is InChI=1S/C42H28N6/c1-2-6-29-21-30(10-9-28(29)5-1)31-11-15-37-38-16-12-34(23-42(38)47-41(37)22-31)48(35-13-17-39(45-26-35)32-7-3-19-43-24-32)36-14-18-40(46-27-36)33-8-4-20-44-25-33/h1-27,47H/p+1. The number of anilines is 3. The largest absolute Gasteiger partial charge is 0.354 e. The third-order valence-corrected chi connectivity index (χ3v) is 8.91. The van der Waals surface area contributed by atoms with Crippen molar-refractivity contribution >= 4 is 49.6 Å². The van der Waals surface area contributed by atoms with E-state index in [4.69, 9.17) is 4.98 Å². The molecule has 0 bridgehead atoms. The quantitative estimate of drug-likeness (QED) is 0.202. The second kappa shape index (κ2) is 11.6. The molecule has 48 heavy (non-hydrogen) atoms. The molecule has 6 heteroatoms. The van der Waals surface area contributed by atoms with Crippen LogP contribution in [-0.2, 0) is 0 Å². The van der Waals surface area contributed by atoms with Gasteiger partial charge < -0.3 is 9.88 Å². The summed E-state index contributed by atoms with van der Waals surface area (Å²) in [6, 6.07) is 44.8. The van der Waals surface area contributed by atoms with Gasteiger partial charge in [0.15, 0.2) is 6.20 Å². The number of hydrogen-bond donors (Lipinski definition) is 1. The number of nitrogens with one attached hydrogen (secondary N) is 2. The molecule has 0 saturated heterocycles. The van der Waals surface area contributed by atoms with Gasteiger partial charge in [0.2, 0.25) is 5.69 Å². The summed E-state index contributed by atoms with van der Waals surface area (Å²) in [6.07, 6.45) is 11.2. The van der Waals surface area contributed by atoms with Gasteiger partial charge in [-0.05, 0) is 88.6 Å². The monoisotopic (exact) mass is 617 g/mol. The zero-order chi connectivity index (χ0) is 31.9. The number of rotatable bonds is 6. The lowest BCUT2D eigenvalue weighted by Crippen LogP contribution is -2.15. The van der Waals surface area contributed by atoms with Gasteiger partial charge in [-0.3, -0.25) is 15.0 Å². The van der Waals surface area contributed by atoms with Crippen molar-refractivity contribution in [1.82, 2.24) is 19.9 Å². The number of nitrogens with zero attached hydrogens (tertiary/aromatic N) is 4. The van der Waals surface area contributed by atoms with Crippen LogP contribution in [0.5, 0.6) is 0 Å². The van der Waals surface area contributed by atoms with E-state index in [-0.39, 0.29) is 0 Å². The maximum absolute atomic E-state index is 4.83. The Kier molecular flexibility index (Phi) is 6.68. The molecule has 0 atom stereocenters. The molecule has 5 heterocycles. The fourth-order valence-electron chi connectivity index (χ4n) is 6.49. The van der Waals surface area contributed by atoms with E-state index in [1.807, 2.05) is 55.1 Å². The first-order valence-electron chi connectivity index (χ1n) is 15.9. The molecule has 0 aliphatic heterocycles. The molecule has 6 nitrogen and oxygen atoms in total. The van der Waals surface area contributed by atoms with Crippen LogP contribution in [0.15, 0.2) is 165 Å². The summed E-state index contributed by atoms with van der Waals surface area (Å²) >= 11 is 0. The lowest BCUT2D eigenvalue weighted by molar-refractivity contribution is -0.363. The van der Waals surface area contributed by atoms with E-state index in [1.54, 1.807) is 12.4 Å². The van der Waals surface area contributed by atoms with Crippen molar-refractivity contribution in [2.45, 2.75) is 0 Å². The third kappa shape index (κ3) is 5.02. The number of fused-ring (bicyclic) bond motifs is 4. The van der Waals surface area contributed by atoms with Gasteiger partial charge in [0.1, 0.15) is 5.69 Å². The number of benzene rings is 4. The van der Waals surface area contributed by atoms with Crippen molar-refractivity contribution in [2.24, 2.45) is 0 Å². The Bertz CT molecular complexity index is 2460. The van der Waals surface area contributed by atoms with Crippen molar-refractivity contribution in [3.05, 3.63) is 165 Å². The molecule has 0 saturated carbocycles. The van der Waals surface area contributed by atoms with E-state index < -0.39 is 0 Å². The maximum atomic E-state index is 4.83. The Balaban J connectivity index is 1.13. The van der Waals surface area contributed by atoms with Crippen LogP contribution in [0.25, 0.3) is 66.2 Å². The maximum Gasteiger partial charge on any atom is 0.212 e. The van der Waals surface area contributed by atoms with Gasteiger partial charge in [0, 0.05) is 63.9 Å². The Hall–Kier alpha value is -6.66. The molecule has 0 aliphatic rings. The minimum atomic E-state index is 0.874. The van der Waals surface area contributed by atoms with E-state index in [0.717, 1.165) is 50.6 Å². The van der Waals surface area contributed by atoms with Crippen molar-refractivity contribution < 1.29 is 4.98 Å². The van der Waals surface area contributed by atoms with Gasteiger partial charge in [-0.25, -0.2) is 4.98 Å². The number of H-pyrrole nitrogens is 2. The van der Waals surface area contributed by atoms with Gasteiger partial charge in [0.05, 0.1) is 23.1 Å². The normalized spacial score (nSPS) is 11.3. The highest BCUT2D eigenvalue weighted by molar-refractivity contribution is 6.09. The average Bonchev–Trinajstić information content (AvgIpc) is 3.53. The number of aromatic amines is 2. The Morgan fingerprint density at radius 3 is 1.96 bits per heavy atom. The van der Waals surface area contributed by atoms with Crippen LogP contribution in [-0.4, -0.2) is 19.9 Å². The summed E-state index contributed by atoms with van der Waals surface area (Å²) in [5, 5.41) is 4.87. The van der Waals surface area contributed by atoms with Gasteiger partial charge in [-0.1, -0.05) is 54.6 Å². The van der Waals surface area contributed by atoms with Gasteiger partial charge >= 0.3 is 0 Å². The van der Waals surface area contributed by atoms with Crippen LogP contribution < -0.4 is 9.88 Å². The summed E-state index contributed by atoms with van der Waals surface area (Å²) in [6.45, 7) is 0. The number of pyridine rings is 4. The molecule has 0 radical (unpaired) electrons. The first kappa shape index (κ1) is 27.6. The molecule has 9 rings (SSSR count). The first-order chi connectivity index (χ1) is 23.8. The highest BCUT2D eigenvalue weighted by atomic mass is 15.2. The van der Waals surface area contributed by atoms with E-state index >= 15 is 0 Å². The zero-order valence-corrected chi connectivity index (χ0v) is 25.9. The molecule has 2 N–H and O–H groups in total. The molecule has 226 valence electrons. The molecule has 0 unspecified atom stereocenters. The third-order valence-electron chi connectivity index (χ3n) is 8.91. The molecule has 5 aromatic heterocycles. The van der Waals surface area contributed by atoms with Crippen LogP contribution in [0.4, 0.5) is 17.1 Å². The van der Waals surface area contributed by atoms with E-state index in [1.165, 1.54) is 32.7 Å². The fourth-order valence-corrected chi connectivity index (χ4v) is 6.49. The summed E-state index contributed by atoms with van der Waals surface area (Å²) in [4.78, 5) is 22.8. The predicted molar refractivity (Wildman–Crippen MR) is 194 cm³/mol. The SMILES string of the molecule is c1cncc(-c2ccc(N(c3ccc(-c4cccnc4)[nH+]c3)c3ccc4c(c3)[nH]c3cc(-c5ccc6ccccc6c5)ccc34)cn2)c1. The number of aromatic nitrogens is 5. The first-order valence-corrected chi connectivity index (χ1v) is 15.9. The summed E-state index contributed by atoms with van der Waals surface area (Å²) in [5.41, 5.74) is 11.4. The zero-order valence-electron chi connectivity index (χ0n) is 25.9. The lowest BCUT2D eigenvalue weighted by atomic mass is 10.00. The second-order valence-electron chi connectivity index (χ2n) is 11.9. The molecule has 0 spiro atoms. The highest BCUT2D eigenvalue weighted by Gasteiger charge is 2.18. The van der Waals surface area contributed by atoms with E-state index in [2.05, 4.69) is 122 Å². The molecule has 9 aromatic rings. The minimum Gasteiger partial charge on any atom is -0.354 e. The van der Waals surface area contributed by atoms with Crippen LogP contribution in [0, 0.1) is 0 Å². The molecule has 4 aromatic carbocycles. The van der Waals surface area contributed by atoms with Crippen LogP contribution >= 0.6 is 0 Å². The van der Waals surface area contributed by atoms with Gasteiger partial charge in [-0.2, -0.15) is 0 Å². The molecular formula is C42H29N6+. The lowest BCUT2D eigenvalue weighted by Gasteiger charge is -2.24. The summed E-state index contributed by atoms with van der Waals surface area (Å²) < 4.78 is 0. The fraction of sp³-hybridized carbons (Fsp3) is 0. The van der Waals surface area contributed by atoms with E-state index in [0.29, 0.717) is 0 Å². The molecular weight excluding hydrogens is 589 g/mol. The van der Waals surface area contributed by atoms with Crippen molar-refractivity contribution in [1.29, 1.82) is 0 Å².